The fourth-order valence-electron chi connectivity index (χ4n) is 2.04. The number of amides is 1. The standard InChI is InChI=1S/C16H17BrINO2/c1-10(2)19(9-13-6-4-11(3)21-13)16(20)14-8-12(17)5-7-15(14)18/h4-8,10H,9H2,1-3H3. The molecule has 1 heterocycles. The summed E-state index contributed by atoms with van der Waals surface area (Å²) in [7, 11) is 0. The topological polar surface area (TPSA) is 33.5 Å². The van der Waals surface area contributed by atoms with E-state index in [4.69, 9.17) is 4.42 Å². The van der Waals surface area contributed by atoms with Crippen molar-refractivity contribution >= 4 is 44.4 Å². The van der Waals surface area contributed by atoms with Gasteiger partial charge < -0.3 is 9.32 Å². The SMILES string of the molecule is Cc1ccc(CN(C(=O)c2cc(Br)ccc2I)C(C)C)o1. The molecule has 0 aliphatic carbocycles. The van der Waals surface area contributed by atoms with Crippen molar-refractivity contribution in [2.24, 2.45) is 0 Å². The third-order valence-electron chi connectivity index (χ3n) is 3.17. The van der Waals surface area contributed by atoms with Crippen molar-refractivity contribution in [3.63, 3.8) is 0 Å². The highest BCUT2D eigenvalue weighted by atomic mass is 127. The summed E-state index contributed by atoms with van der Waals surface area (Å²) >= 11 is 5.62. The number of halogens is 2. The number of carbonyl (C=O) groups excluding carboxylic acids is 1. The lowest BCUT2D eigenvalue weighted by Gasteiger charge is -2.26. The maximum atomic E-state index is 12.8. The lowest BCUT2D eigenvalue weighted by atomic mass is 10.1. The minimum Gasteiger partial charge on any atom is -0.464 e. The molecular weight excluding hydrogens is 445 g/mol. The van der Waals surface area contributed by atoms with Crippen LogP contribution in [-0.4, -0.2) is 16.8 Å². The average Bonchev–Trinajstić information content (AvgIpc) is 2.83. The maximum Gasteiger partial charge on any atom is 0.255 e. The van der Waals surface area contributed by atoms with Gasteiger partial charge in [-0.1, -0.05) is 15.9 Å². The largest absolute Gasteiger partial charge is 0.464 e. The van der Waals surface area contributed by atoms with E-state index in [0.717, 1.165) is 19.6 Å². The lowest BCUT2D eigenvalue weighted by Crippen LogP contribution is -2.36. The second-order valence-corrected chi connectivity index (χ2v) is 7.24. The van der Waals surface area contributed by atoms with E-state index in [1.807, 2.05) is 56.0 Å². The summed E-state index contributed by atoms with van der Waals surface area (Å²) < 4.78 is 7.45. The number of rotatable bonds is 4. The van der Waals surface area contributed by atoms with Crippen LogP contribution in [0.5, 0.6) is 0 Å². The molecular formula is C16H17BrINO2. The van der Waals surface area contributed by atoms with Crippen LogP contribution in [0.15, 0.2) is 39.2 Å². The molecule has 0 fully saturated rings. The molecule has 2 rings (SSSR count). The number of nitrogens with zero attached hydrogens (tertiary/aromatic N) is 1. The van der Waals surface area contributed by atoms with Gasteiger partial charge in [0.1, 0.15) is 11.5 Å². The minimum atomic E-state index is 0.0183. The van der Waals surface area contributed by atoms with Gasteiger partial charge in [0.2, 0.25) is 0 Å². The third-order valence-corrected chi connectivity index (χ3v) is 4.60. The zero-order valence-electron chi connectivity index (χ0n) is 12.2. The maximum absolute atomic E-state index is 12.8. The summed E-state index contributed by atoms with van der Waals surface area (Å²) in [6.07, 6.45) is 0. The summed E-state index contributed by atoms with van der Waals surface area (Å²) in [6.45, 7) is 6.41. The van der Waals surface area contributed by atoms with Gasteiger partial charge >= 0.3 is 0 Å². The molecule has 2 aromatic rings. The zero-order valence-corrected chi connectivity index (χ0v) is 15.9. The van der Waals surface area contributed by atoms with Crippen LogP contribution in [0.4, 0.5) is 0 Å². The number of furan rings is 1. The highest BCUT2D eigenvalue weighted by Crippen LogP contribution is 2.22. The molecule has 5 heteroatoms. The Kier molecular flexibility index (Phi) is 5.48. The van der Waals surface area contributed by atoms with Crippen molar-refractivity contribution in [3.05, 3.63) is 55.5 Å². The first-order valence-corrected chi connectivity index (χ1v) is 8.57. The second-order valence-electron chi connectivity index (χ2n) is 5.16. The number of hydrogen-bond donors (Lipinski definition) is 0. The van der Waals surface area contributed by atoms with Gasteiger partial charge in [0.25, 0.3) is 5.91 Å². The molecule has 0 aliphatic heterocycles. The first kappa shape index (κ1) is 16.5. The van der Waals surface area contributed by atoms with Crippen LogP contribution in [0.25, 0.3) is 0 Å². The fraction of sp³-hybridized carbons (Fsp3) is 0.312. The highest BCUT2D eigenvalue weighted by molar-refractivity contribution is 14.1. The van der Waals surface area contributed by atoms with Crippen LogP contribution in [0.1, 0.15) is 35.7 Å². The third kappa shape index (κ3) is 4.10. The monoisotopic (exact) mass is 461 g/mol. The number of hydrogen-bond acceptors (Lipinski definition) is 2. The first-order valence-electron chi connectivity index (χ1n) is 6.70. The molecule has 1 aromatic carbocycles. The van der Waals surface area contributed by atoms with Crippen LogP contribution in [0.2, 0.25) is 0 Å². The Labute approximate surface area is 147 Å². The molecule has 0 spiro atoms. The molecule has 0 bridgehead atoms. The predicted octanol–water partition coefficient (Wildman–Crippen LogP) is 5.01. The molecule has 1 amide bonds. The Morgan fingerprint density at radius 3 is 2.62 bits per heavy atom. The normalized spacial score (nSPS) is 11.0. The smallest absolute Gasteiger partial charge is 0.255 e. The van der Waals surface area contributed by atoms with E-state index < -0.39 is 0 Å². The number of aryl methyl sites for hydroxylation is 1. The van der Waals surface area contributed by atoms with E-state index in [0.29, 0.717) is 12.1 Å². The van der Waals surface area contributed by atoms with Crippen LogP contribution < -0.4 is 0 Å². The molecule has 3 nitrogen and oxygen atoms in total. The number of benzene rings is 1. The Morgan fingerprint density at radius 2 is 2.05 bits per heavy atom. The van der Waals surface area contributed by atoms with Gasteiger partial charge in [0.15, 0.2) is 0 Å². The minimum absolute atomic E-state index is 0.0183. The van der Waals surface area contributed by atoms with Gasteiger partial charge in [-0.15, -0.1) is 0 Å². The van der Waals surface area contributed by atoms with Crippen molar-refractivity contribution in [2.75, 3.05) is 0 Å². The first-order chi connectivity index (χ1) is 9.88. The molecule has 0 N–H and O–H groups in total. The van der Waals surface area contributed by atoms with Crippen molar-refractivity contribution in [3.8, 4) is 0 Å². The van der Waals surface area contributed by atoms with E-state index in [1.54, 1.807) is 0 Å². The van der Waals surface area contributed by atoms with E-state index in [-0.39, 0.29) is 11.9 Å². The van der Waals surface area contributed by atoms with Gasteiger partial charge in [-0.25, -0.2) is 0 Å². The lowest BCUT2D eigenvalue weighted by molar-refractivity contribution is 0.0674. The van der Waals surface area contributed by atoms with E-state index in [1.165, 1.54) is 0 Å². The predicted molar refractivity (Wildman–Crippen MR) is 95.3 cm³/mol. The molecule has 0 radical (unpaired) electrons. The summed E-state index contributed by atoms with van der Waals surface area (Å²) in [4.78, 5) is 14.7. The molecule has 0 saturated carbocycles. The van der Waals surface area contributed by atoms with Crippen LogP contribution in [0.3, 0.4) is 0 Å². The molecule has 1 aromatic heterocycles. The van der Waals surface area contributed by atoms with Crippen molar-refractivity contribution in [2.45, 2.75) is 33.4 Å². The molecule has 21 heavy (non-hydrogen) atoms. The molecule has 0 unspecified atom stereocenters. The molecule has 112 valence electrons. The zero-order chi connectivity index (χ0) is 15.6. The van der Waals surface area contributed by atoms with Gasteiger partial charge in [-0.2, -0.15) is 0 Å². The highest BCUT2D eigenvalue weighted by Gasteiger charge is 2.22. The van der Waals surface area contributed by atoms with Crippen LogP contribution in [0, 0.1) is 10.5 Å². The average molecular weight is 462 g/mol. The van der Waals surface area contributed by atoms with Crippen LogP contribution in [-0.2, 0) is 6.54 Å². The Balaban J connectivity index is 2.29. The van der Waals surface area contributed by atoms with Crippen LogP contribution >= 0.6 is 38.5 Å². The van der Waals surface area contributed by atoms with Gasteiger partial charge in [0, 0.05) is 14.1 Å². The van der Waals surface area contributed by atoms with E-state index in [9.17, 15) is 4.79 Å². The van der Waals surface area contributed by atoms with Crippen molar-refractivity contribution in [1.82, 2.24) is 4.90 Å². The van der Waals surface area contributed by atoms with Crippen molar-refractivity contribution < 1.29 is 9.21 Å². The summed E-state index contributed by atoms with van der Waals surface area (Å²) in [5.41, 5.74) is 0.710. The summed E-state index contributed by atoms with van der Waals surface area (Å²) in [5.74, 6) is 1.68. The Hall–Kier alpha value is -0.820. The number of carbonyl (C=O) groups is 1. The van der Waals surface area contributed by atoms with Gasteiger partial charge in [0.05, 0.1) is 12.1 Å². The summed E-state index contributed by atoms with van der Waals surface area (Å²) in [6, 6.07) is 9.68. The van der Waals surface area contributed by atoms with Crippen molar-refractivity contribution in [1.29, 1.82) is 0 Å². The Bertz CT molecular complexity index is 651. The quantitative estimate of drug-likeness (QED) is 0.600. The fourth-order valence-corrected chi connectivity index (χ4v) is 2.97. The van der Waals surface area contributed by atoms with Gasteiger partial charge in [-0.3, -0.25) is 4.79 Å². The molecule has 0 aliphatic rings. The van der Waals surface area contributed by atoms with E-state index in [2.05, 4.69) is 38.5 Å². The Morgan fingerprint density at radius 1 is 1.33 bits per heavy atom. The molecule has 0 saturated heterocycles. The van der Waals surface area contributed by atoms with E-state index >= 15 is 0 Å². The summed E-state index contributed by atoms with van der Waals surface area (Å²) in [5, 5.41) is 0. The van der Waals surface area contributed by atoms with Gasteiger partial charge in [-0.05, 0) is 73.7 Å². The molecule has 0 atom stereocenters. The second kappa shape index (κ2) is 6.96.